The normalized spacial score (nSPS) is 8.43. The van der Waals surface area contributed by atoms with E-state index in [0.29, 0.717) is 0 Å². The van der Waals surface area contributed by atoms with Gasteiger partial charge in [-0.1, -0.05) is 0 Å². The standard InChI is InChI=1S/Li.H3O4P.H2S.H/c;1-5(2,3)4;;/h;(H3,1,2,3,4);1H2;/q+1;;;-1. The third-order valence-corrected chi connectivity index (χ3v) is 0. The van der Waals surface area contributed by atoms with Gasteiger partial charge in [-0.3, -0.25) is 0 Å². The molecule has 0 aromatic rings. The Morgan fingerprint density at radius 2 is 1.29 bits per heavy atom. The van der Waals surface area contributed by atoms with Crippen molar-refractivity contribution in [2.45, 2.75) is 0 Å². The van der Waals surface area contributed by atoms with E-state index in [1.54, 1.807) is 0 Å². The van der Waals surface area contributed by atoms with Crippen molar-refractivity contribution in [3.8, 4) is 0 Å². The molecular formula is H6LiO4PS. The summed E-state index contributed by atoms with van der Waals surface area (Å²) in [6.45, 7) is 0. The Bertz CT molecular complexity index is 62.2. The first kappa shape index (κ1) is 15.7. The largest absolute Gasteiger partial charge is 1.00 e. The number of hydrogen-bond donors (Lipinski definition) is 3. The van der Waals surface area contributed by atoms with Gasteiger partial charge in [0.05, 0.1) is 0 Å². The van der Waals surface area contributed by atoms with E-state index in [9.17, 15) is 0 Å². The van der Waals surface area contributed by atoms with Gasteiger partial charge in [0.25, 0.3) is 0 Å². The Kier molecular flexibility index (Phi) is 11.7. The fourth-order valence-electron chi connectivity index (χ4n) is 0. The SMILES string of the molecule is O=P(O)(O)O.S.[H-].[Li+]. The summed E-state index contributed by atoms with van der Waals surface area (Å²) >= 11 is 0. The maximum Gasteiger partial charge on any atom is 1.00 e. The van der Waals surface area contributed by atoms with Crippen molar-refractivity contribution in [2.75, 3.05) is 0 Å². The van der Waals surface area contributed by atoms with E-state index in [1.165, 1.54) is 0 Å². The van der Waals surface area contributed by atoms with Gasteiger partial charge in [0, 0.05) is 0 Å². The van der Waals surface area contributed by atoms with Crippen LogP contribution in [0, 0.1) is 0 Å². The molecule has 42 valence electrons. The molecule has 3 N–H and O–H groups in total. The molecule has 0 unspecified atom stereocenters. The average Bonchev–Trinajstić information content (AvgIpc) is 0.722. The zero-order valence-corrected chi connectivity index (χ0v) is 5.59. The van der Waals surface area contributed by atoms with Crippen molar-refractivity contribution in [3.63, 3.8) is 0 Å². The molecule has 0 aromatic heterocycles. The fraction of sp³-hybridized carbons (Fsp3) is 0. The molecule has 4 nitrogen and oxygen atoms in total. The Labute approximate surface area is 61.3 Å². The van der Waals surface area contributed by atoms with E-state index in [4.69, 9.17) is 19.2 Å². The van der Waals surface area contributed by atoms with Crippen molar-refractivity contribution in [1.82, 2.24) is 0 Å². The maximum absolute atomic E-state index is 8.88. The molecule has 0 aliphatic heterocycles. The second kappa shape index (κ2) is 5.20. The van der Waals surface area contributed by atoms with Gasteiger partial charge < -0.3 is 16.1 Å². The smallest absolute Gasteiger partial charge is 1.00 e. The van der Waals surface area contributed by atoms with Crippen LogP contribution < -0.4 is 18.9 Å². The molecule has 0 aliphatic rings. The molecule has 7 heteroatoms. The Balaban J connectivity index is -0.0000000267. The fourth-order valence-corrected chi connectivity index (χ4v) is 0. The van der Waals surface area contributed by atoms with Gasteiger partial charge in [0.2, 0.25) is 0 Å². The van der Waals surface area contributed by atoms with Crippen LogP contribution in [0.5, 0.6) is 0 Å². The average molecular weight is 140 g/mol. The number of phosphoric acid groups is 1. The van der Waals surface area contributed by atoms with E-state index in [1.807, 2.05) is 0 Å². The molecule has 0 heterocycles. The minimum absolute atomic E-state index is 0. The predicted octanol–water partition coefficient (Wildman–Crippen LogP) is -3.70. The van der Waals surface area contributed by atoms with Crippen LogP contribution in [0.3, 0.4) is 0 Å². The topological polar surface area (TPSA) is 77.8 Å². The van der Waals surface area contributed by atoms with E-state index < -0.39 is 7.82 Å². The summed E-state index contributed by atoms with van der Waals surface area (Å²) in [6, 6.07) is 0. The summed E-state index contributed by atoms with van der Waals surface area (Å²) in [6.07, 6.45) is 0. The molecule has 0 bridgehead atoms. The van der Waals surface area contributed by atoms with E-state index in [2.05, 4.69) is 0 Å². The van der Waals surface area contributed by atoms with Gasteiger partial charge in [-0.15, -0.1) is 0 Å². The molecule has 0 saturated heterocycles. The minimum atomic E-state index is -4.64. The molecule has 7 heavy (non-hydrogen) atoms. The molecule has 0 aromatic carbocycles. The van der Waals surface area contributed by atoms with Crippen molar-refractivity contribution in [2.24, 2.45) is 0 Å². The summed E-state index contributed by atoms with van der Waals surface area (Å²) in [7, 11) is -4.64. The van der Waals surface area contributed by atoms with Crippen LogP contribution >= 0.6 is 21.3 Å². The van der Waals surface area contributed by atoms with E-state index in [-0.39, 0.29) is 33.8 Å². The number of hydrogen-bond acceptors (Lipinski definition) is 1. The zero-order valence-electron chi connectivity index (χ0n) is 4.70. The van der Waals surface area contributed by atoms with Crippen LogP contribution in [0.2, 0.25) is 0 Å². The summed E-state index contributed by atoms with van der Waals surface area (Å²) in [5, 5.41) is 0. The van der Waals surface area contributed by atoms with Crippen molar-refractivity contribution in [1.29, 1.82) is 0 Å². The second-order valence-electron chi connectivity index (χ2n) is 0.513. The van der Waals surface area contributed by atoms with Gasteiger partial charge in [-0.25, -0.2) is 4.57 Å². The van der Waals surface area contributed by atoms with Crippen LogP contribution in [0.25, 0.3) is 0 Å². The molecule has 0 rings (SSSR count). The monoisotopic (exact) mass is 140 g/mol. The molecule has 0 amide bonds. The van der Waals surface area contributed by atoms with Crippen molar-refractivity contribution in [3.05, 3.63) is 0 Å². The summed E-state index contributed by atoms with van der Waals surface area (Å²) < 4.78 is 8.88. The Hall–Kier alpha value is 1.06. The predicted molar refractivity (Wildman–Crippen MR) is 25.8 cm³/mol. The van der Waals surface area contributed by atoms with Gasteiger partial charge in [0.1, 0.15) is 0 Å². The van der Waals surface area contributed by atoms with Crippen molar-refractivity contribution < 1.29 is 39.5 Å². The zero-order chi connectivity index (χ0) is 4.50. The third-order valence-electron chi connectivity index (χ3n) is 0. The molecular weight excluding hydrogens is 134 g/mol. The minimum Gasteiger partial charge on any atom is -1.00 e. The molecule has 0 fully saturated rings. The first-order valence-electron chi connectivity index (χ1n) is 0.783. The molecule has 0 atom stereocenters. The maximum atomic E-state index is 8.88. The second-order valence-corrected chi connectivity index (χ2v) is 1.54. The Morgan fingerprint density at radius 3 is 1.29 bits per heavy atom. The van der Waals surface area contributed by atoms with Crippen LogP contribution in [0.1, 0.15) is 1.43 Å². The van der Waals surface area contributed by atoms with Gasteiger partial charge in [-0.2, -0.15) is 13.5 Å². The van der Waals surface area contributed by atoms with Crippen LogP contribution in [-0.2, 0) is 4.57 Å². The first-order chi connectivity index (χ1) is 2.00. The van der Waals surface area contributed by atoms with Gasteiger partial charge >= 0.3 is 26.7 Å². The molecule has 0 aliphatic carbocycles. The summed E-state index contributed by atoms with van der Waals surface area (Å²) in [5.41, 5.74) is 0. The Morgan fingerprint density at radius 1 is 1.29 bits per heavy atom. The van der Waals surface area contributed by atoms with Crippen LogP contribution in [0.15, 0.2) is 0 Å². The number of rotatable bonds is 0. The third kappa shape index (κ3) is 161. The van der Waals surface area contributed by atoms with Gasteiger partial charge in [-0.05, 0) is 0 Å². The van der Waals surface area contributed by atoms with Crippen LogP contribution in [-0.4, -0.2) is 14.7 Å². The van der Waals surface area contributed by atoms with Gasteiger partial charge in [0.15, 0.2) is 0 Å². The molecule has 0 spiro atoms. The van der Waals surface area contributed by atoms with E-state index >= 15 is 0 Å². The molecule has 0 saturated carbocycles. The first-order valence-corrected chi connectivity index (χ1v) is 2.35. The van der Waals surface area contributed by atoms with E-state index in [0.717, 1.165) is 0 Å². The van der Waals surface area contributed by atoms with Crippen LogP contribution in [0.4, 0.5) is 0 Å². The molecule has 0 radical (unpaired) electrons. The van der Waals surface area contributed by atoms with Crippen molar-refractivity contribution >= 4 is 21.3 Å². The summed E-state index contributed by atoms with van der Waals surface area (Å²) in [5.74, 6) is 0. The summed E-state index contributed by atoms with van der Waals surface area (Å²) in [4.78, 5) is 21.6. The quantitative estimate of drug-likeness (QED) is 0.239.